The highest BCUT2D eigenvalue weighted by molar-refractivity contribution is 5.99. The number of nitrogens with zero attached hydrogens (tertiary/aromatic N) is 5. The molecule has 0 bridgehead atoms. The fourth-order valence-corrected chi connectivity index (χ4v) is 4.65. The van der Waals surface area contributed by atoms with E-state index in [0.717, 1.165) is 5.56 Å². The highest BCUT2D eigenvalue weighted by atomic mass is 19.3. The van der Waals surface area contributed by atoms with E-state index >= 15 is 0 Å². The Bertz CT molecular complexity index is 1220. The maximum atomic E-state index is 13.4. The van der Waals surface area contributed by atoms with Crippen molar-refractivity contribution in [3.63, 3.8) is 0 Å². The molecule has 9 nitrogen and oxygen atoms in total. The largest absolute Gasteiger partial charge is 0.453 e. The van der Waals surface area contributed by atoms with Gasteiger partial charge in [0.05, 0.1) is 30.5 Å². The number of carbonyl (C=O) groups is 2. The molecule has 2 aliphatic rings. The molecular formula is C23H21F2N5O4. The summed E-state index contributed by atoms with van der Waals surface area (Å²) in [5, 5.41) is 6.97. The Morgan fingerprint density at radius 1 is 1.24 bits per heavy atom. The molecule has 0 aliphatic carbocycles. The summed E-state index contributed by atoms with van der Waals surface area (Å²) >= 11 is 0. The van der Waals surface area contributed by atoms with Crippen LogP contribution in [-0.2, 0) is 11.3 Å². The van der Waals surface area contributed by atoms with Crippen molar-refractivity contribution in [2.24, 2.45) is 0 Å². The van der Waals surface area contributed by atoms with Crippen LogP contribution in [0.2, 0.25) is 0 Å². The lowest BCUT2D eigenvalue weighted by Crippen LogP contribution is -2.51. The van der Waals surface area contributed by atoms with Gasteiger partial charge in [0.2, 0.25) is 5.89 Å². The molecule has 176 valence electrons. The van der Waals surface area contributed by atoms with Gasteiger partial charge in [-0.2, -0.15) is 8.78 Å². The molecule has 5 rings (SSSR count). The molecule has 2 amide bonds. The van der Waals surface area contributed by atoms with Crippen LogP contribution in [0.1, 0.15) is 46.3 Å². The highest BCUT2D eigenvalue weighted by Crippen LogP contribution is 2.36. The predicted octanol–water partition coefficient (Wildman–Crippen LogP) is 3.65. The van der Waals surface area contributed by atoms with Crippen molar-refractivity contribution in [2.45, 2.75) is 31.4 Å². The first-order chi connectivity index (χ1) is 16.5. The molecule has 2 aliphatic heterocycles. The fraction of sp³-hybridized carbons (Fsp3) is 0.348. The van der Waals surface area contributed by atoms with Crippen molar-refractivity contribution in [1.82, 2.24) is 25.0 Å². The number of alkyl halides is 2. The normalized spacial score (nSPS) is 20.1. The molecule has 0 spiro atoms. The van der Waals surface area contributed by atoms with Crippen LogP contribution >= 0.6 is 0 Å². The van der Waals surface area contributed by atoms with E-state index in [1.807, 2.05) is 30.3 Å². The van der Waals surface area contributed by atoms with Crippen molar-refractivity contribution in [3.05, 3.63) is 65.3 Å². The Morgan fingerprint density at radius 3 is 2.74 bits per heavy atom. The molecule has 1 aromatic carbocycles. The van der Waals surface area contributed by atoms with Gasteiger partial charge >= 0.3 is 12.5 Å². The molecule has 0 saturated carbocycles. The number of hydrogen-bond acceptors (Lipinski definition) is 7. The number of methoxy groups -OCH3 is 1. The smallest absolute Gasteiger partial charge is 0.409 e. The number of halogens is 2. The van der Waals surface area contributed by atoms with Crippen molar-refractivity contribution >= 4 is 12.0 Å². The molecule has 1 fully saturated rings. The van der Waals surface area contributed by atoms with Crippen LogP contribution in [-0.4, -0.2) is 63.2 Å². The molecule has 2 atom stereocenters. The number of benzene rings is 1. The Kier molecular flexibility index (Phi) is 5.68. The van der Waals surface area contributed by atoms with E-state index in [9.17, 15) is 18.4 Å². The minimum atomic E-state index is -2.88. The summed E-state index contributed by atoms with van der Waals surface area (Å²) in [6.07, 6.45) is -1.27. The van der Waals surface area contributed by atoms with Gasteiger partial charge < -0.3 is 19.0 Å². The topological polar surface area (TPSA) is 102 Å². The van der Waals surface area contributed by atoms with E-state index in [2.05, 4.69) is 15.2 Å². The van der Waals surface area contributed by atoms with Crippen molar-refractivity contribution in [3.8, 4) is 11.5 Å². The number of likely N-dealkylation sites (tertiary alicyclic amines) is 1. The zero-order chi connectivity index (χ0) is 23.8. The van der Waals surface area contributed by atoms with Gasteiger partial charge in [-0.1, -0.05) is 30.3 Å². The van der Waals surface area contributed by atoms with Crippen LogP contribution in [0.3, 0.4) is 0 Å². The van der Waals surface area contributed by atoms with Gasteiger partial charge in [-0.25, -0.2) is 4.79 Å². The highest BCUT2D eigenvalue weighted by Gasteiger charge is 2.42. The third-order valence-electron chi connectivity index (χ3n) is 6.29. The van der Waals surface area contributed by atoms with E-state index in [0.29, 0.717) is 42.9 Å². The molecule has 3 aromatic rings. The summed E-state index contributed by atoms with van der Waals surface area (Å²) in [6.45, 7) is 1.18. The average Bonchev–Trinajstić information content (AvgIpc) is 3.49. The van der Waals surface area contributed by atoms with Crippen molar-refractivity contribution < 1.29 is 27.5 Å². The molecule has 4 heterocycles. The summed E-state index contributed by atoms with van der Waals surface area (Å²) in [7, 11) is 1.35. The van der Waals surface area contributed by atoms with Crippen molar-refractivity contribution in [2.75, 3.05) is 20.2 Å². The lowest BCUT2D eigenvalue weighted by atomic mass is 9.85. The van der Waals surface area contributed by atoms with Crippen LogP contribution < -0.4 is 0 Å². The number of pyridine rings is 1. The number of carbonyl (C=O) groups excluding carboxylic acids is 2. The van der Waals surface area contributed by atoms with Gasteiger partial charge in [-0.3, -0.25) is 9.78 Å². The molecule has 1 saturated heterocycles. The number of rotatable bonds is 4. The molecule has 2 aromatic heterocycles. The summed E-state index contributed by atoms with van der Waals surface area (Å²) in [6, 6.07) is 11.1. The lowest BCUT2D eigenvalue weighted by molar-refractivity contribution is 0.0515. The predicted molar refractivity (Wildman–Crippen MR) is 114 cm³/mol. The molecule has 11 heteroatoms. The maximum Gasteiger partial charge on any atom is 0.409 e. The standard InChI is InChI=1S/C23H21F2N5O4/c1-33-23(32)29-8-7-18(16(11-29)13-5-3-2-4-6-13)30-12-17-15(22(30)31)9-14(10-26-17)20-27-28-21(34-20)19(24)25/h2-6,9-10,16,18-19H,7-8,11-12H2,1H3/t16-,18-/m1/s1. The number of aromatic nitrogens is 3. The monoisotopic (exact) mass is 469 g/mol. The van der Waals surface area contributed by atoms with Gasteiger partial charge in [0.15, 0.2) is 0 Å². The minimum absolute atomic E-state index is 0.115. The first-order valence-corrected chi connectivity index (χ1v) is 10.8. The van der Waals surface area contributed by atoms with Gasteiger partial charge in [-0.05, 0) is 18.1 Å². The van der Waals surface area contributed by atoms with E-state index < -0.39 is 18.4 Å². The van der Waals surface area contributed by atoms with Gasteiger partial charge in [-0.15, -0.1) is 10.2 Å². The van der Waals surface area contributed by atoms with Crippen LogP contribution in [0.5, 0.6) is 0 Å². The molecular weight excluding hydrogens is 448 g/mol. The van der Waals surface area contributed by atoms with E-state index in [-0.39, 0.29) is 23.8 Å². The van der Waals surface area contributed by atoms with Gasteiger partial charge in [0, 0.05) is 31.2 Å². The molecule has 0 radical (unpaired) electrons. The SMILES string of the molecule is COC(=O)N1CC[C@@H](N2Cc3ncc(-c4nnc(C(F)F)o4)cc3C2=O)[C@@H](c2ccccc2)C1. The number of hydrogen-bond donors (Lipinski definition) is 0. The first-order valence-electron chi connectivity index (χ1n) is 10.8. The molecule has 34 heavy (non-hydrogen) atoms. The number of ether oxygens (including phenoxy) is 1. The quantitative estimate of drug-likeness (QED) is 0.575. The molecule has 0 unspecified atom stereocenters. The van der Waals surface area contributed by atoms with Gasteiger partial charge in [0.1, 0.15) is 0 Å². The lowest BCUT2D eigenvalue weighted by Gasteiger charge is -2.42. The summed E-state index contributed by atoms with van der Waals surface area (Å²) in [5.74, 6) is -1.23. The molecule has 0 N–H and O–H groups in total. The van der Waals surface area contributed by atoms with Crippen LogP contribution in [0.25, 0.3) is 11.5 Å². The zero-order valence-corrected chi connectivity index (χ0v) is 18.2. The van der Waals surface area contributed by atoms with E-state index in [4.69, 9.17) is 9.15 Å². The second-order valence-corrected chi connectivity index (χ2v) is 8.19. The number of fused-ring (bicyclic) bond motifs is 1. The second kappa shape index (κ2) is 8.81. The Morgan fingerprint density at radius 2 is 2.03 bits per heavy atom. The van der Waals surface area contributed by atoms with Crippen molar-refractivity contribution in [1.29, 1.82) is 0 Å². The summed E-state index contributed by atoms with van der Waals surface area (Å²) in [4.78, 5) is 33.4. The van der Waals surface area contributed by atoms with E-state index in [1.165, 1.54) is 13.3 Å². The second-order valence-electron chi connectivity index (χ2n) is 8.19. The number of amides is 2. The first kappa shape index (κ1) is 21.9. The Labute approximate surface area is 193 Å². The van der Waals surface area contributed by atoms with Gasteiger partial charge in [0.25, 0.3) is 11.8 Å². The minimum Gasteiger partial charge on any atom is -0.453 e. The van der Waals surface area contributed by atoms with Crippen LogP contribution in [0.15, 0.2) is 47.0 Å². The number of piperidine rings is 1. The summed E-state index contributed by atoms with van der Waals surface area (Å²) < 4.78 is 35.5. The van der Waals surface area contributed by atoms with E-state index in [1.54, 1.807) is 15.9 Å². The third kappa shape index (κ3) is 3.87. The van der Waals surface area contributed by atoms with Crippen LogP contribution in [0, 0.1) is 0 Å². The van der Waals surface area contributed by atoms with Crippen LogP contribution in [0.4, 0.5) is 13.6 Å². The zero-order valence-electron chi connectivity index (χ0n) is 18.2. The Hall–Kier alpha value is -3.89. The summed E-state index contributed by atoms with van der Waals surface area (Å²) in [5.41, 5.74) is 2.28. The third-order valence-corrected chi connectivity index (χ3v) is 6.29. The average molecular weight is 469 g/mol. The fourth-order valence-electron chi connectivity index (χ4n) is 4.65. The Balaban J connectivity index is 1.43. The maximum absolute atomic E-state index is 13.4.